The van der Waals surface area contributed by atoms with Crippen LogP contribution in [0.3, 0.4) is 0 Å². The fraction of sp³-hybridized carbons (Fsp3) is 0.333. The Kier molecular flexibility index (Phi) is 4.14. The molecule has 8 nitrogen and oxygen atoms in total. The van der Waals surface area contributed by atoms with Gasteiger partial charge in [0.05, 0.1) is 12.0 Å². The van der Waals surface area contributed by atoms with Crippen molar-refractivity contribution in [2.24, 2.45) is 0 Å². The summed E-state index contributed by atoms with van der Waals surface area (Å²) in [4.78, 5) is 14.4. The zero-order valence-corrected chi connectivity index (χ0v) is 11.1. The van der Waals surface area contributed by atoms with E-state index in [4.69, 9.17) is 9.26 Å². The Morgan fingerprint density at radius 3 is 2.90 bits per heavy atom. The number of aromatic nitrogens is 2. The van der Waals surface area contributed by atoms with Gasteiger partial charge < -0.3 is 14.6 Å². The van der Waals surface area contributed by atoms with Crippen LogP contribution in [-0.2, 0) is 6.42 Å². The van der Waals surface area contributed by atoms with Gasteiger partial charge in [0, 0.05) is 30.8 Å². The van der Waals surface area contributed by atoms with Gasteiger partial charge in [0.2, 0.25) is 5.89 Å². The lowest BCUT2D eigenvalue weighted by Crippen LogP contribution is -2.05. The molecule has 0 bridgehead atoms. The second kappa shape index (κ2) is 6.00. The van der Waals surface area contributed by atoms with Gasteiger partial charge >= 0.3 is 5.69 Å². The van der Waals surface area contributed by atoms with Crippen molar-refractivity contribution >= 4 is 11.4 Å². The van der Waals surface area contributed by atoms with Crippen molar-refractivity contribution in [2.75, 3.05) is 19.0 Å². The third-order valence-electron chi connectivity index (χ3n) is 2.61. The Bertz CT molecular complexity index is 611. The van der Waals surface area contributed by atoms with E-state index in [0.717, 1.165) is 5.69 Å². The van der Waals surface area contributed by atoms with Gasteiger partial charge in [-0.2, -0.15) is 4.98 Å². The van der Waals surface area contributed by atoms with Crippen LogP contribution in [0.1, 0.15) is 11.7 Å². The summed E-state index contributed by atoms with van der Waals surface area (Å²) in [7, 11) is 1.40. The molecule has 0 radical (unpaired) electrons. The lowest BCUT2D eigenvalue weighted by molar-refractivity contribution is -0.385. The van der Waals surface area contributed by atoms with Crippen LogP contribution in [0.2, 0.25) is 0 Å². The topological polar surface area (TPSA) is 103 Å². The number of hydrogen-bond acceptors (Lipinski definition) is 7. The minimum atomic E-state index is -0.482. The van der Waals surface area contributed by atoms with Crippen molar-refractivity contribution in [1.82, 2.24) is 10.1 Å². The molecule has 106 valence electrons. The van der Waals surface area contributed by atoms with Crippen molar-refractivity contribution in [1.29, 1.82) is 0 Å². The van der Waals surface area contributed by atoms with E-state index >= 15 is 0 Å². The molecule has 0 aliphatic heterocycles. The van der Waals surface area contributed by atoms with E-state index in [1.807, 2.05) is 0 Å². The number of aryl methyl sites for hydroxylation is 1. The van der Waals surface area contributed by atoms with Crippen molar-refractivity contribution < 1.29 is 14.2 Å². The summed E-state index contributed by atoms with van der Waals surface area (Å²) in [6, 6.07) is 4.61. The standard InChI is InChI=1S/C12H14N4O4/c1-8-14-12(20-15-8)5-6-13-9-3-4-10(16(17)18)11(7-9)19-2/h3-4,7,13H,5-6H2,1-2H3. The molecule has 0 atom stereocenters. The maximum absolute atomic E-state index is 10.8. The molecule has 0 fully saturated rings. The van der Waals surface area contributed by atoms with Gasteiger partial charge in [0.15, 0.2) is 11.6 Å². The van der Waals surface area contributed by atoms with Crippen LogP contribution in [-0.4, -0.2) is 28.7 Å². The van der Waals surface area contributed by atoms with Crippen LogP contribution in [0, 0.1) is 17.0 Å². The zero-order chi connectivity index (χ0) is 14.5. The Morgan fingerprint density at radius 2 is 2.30 bits per heavy atom. The third-order valence-corrected chi connectivity index (χ3v) is 2.61. The molecule has 1 N–H and O–H groups in total. The van der Waals surface area contributed by atoms with Crippen LogP contribution >= 0.6 is 0 Å². The molecule has 0 unspecified atom stereocenters. The number of ether oxygens (including phenoxy) is 1. The van der Waals surface area contributed by atoms with Crippen molar-refractivity contribution in [3.63, 3.8) is 0 Å². The Morgan fingerprint density at radius 1 is 1.50 bits per heavy atom. The molecule has 0 saturated heterocycles. The predicted molar refractivity (Wildman–Crippen MR) is 70.9 cm³/mol. The quantitative estimate of drug-likeness (QED) is 0.636. The van der Waals surface area contributed by atoms with Crippen LogP contribution in [0.5, 0.6) is 5.75 Å². The highest BCUT2D eigenvalue weighted by atomic mass is 16.6. The Balaban J connectivity index is 1.97. The highest BCUT2D eigenvalue weighted by molar-refractivity contribution is 5.57. The van der Waals surface area contributed by atoms with Gasteiger partial charge in [-0.25, -0.2) is 0 Å². The van der Waals surface area contributed by atoms with E-state index in [0.29, 0.717) is 24.7 Å². The summed E-state index contributed by atoms with van der Waals surface area (Å²) in [5.41, 5.74) is 0.661. The second-order valence-electron chi connectivity index (χ2n) is 4.06. The number of anilines is 1. The number of nitro benzene ring substituents is 1. The van der Waals surface area contributed by atoms with E-state index in [1.165, 1.54) is 13.2 Å². The van der Waals surface area contributed by atoms with Crippen LogP contribution in [0.4, 0.5) is 11.4 Å². The Labute approximate surface area is 114 Å². The van der Waals surface area contributed by atoms with Crippen LogP contribution in [0.15, 0.2) is 22.7 Å². The molecule has 1 aromatic heterocycles. The molecule has 1 heterocycles. The number of rotatable bonds is 6. The molecular formula is C12H14N4O4. The van der Waals surface area contributed by atoms with Crippen molar-refractivity contribution in [3.05, 3.63) is 40.0 Å². The molecule has 0 spiro atoms. The number of nitro groups is 1. The average Bonchev–Trinajstić information content (AvgIpc) is 2.84. The number of nitrogens with zero attached hydrogens (tertiary/aromatic N) is 3. The first-order valence-electron chi connectivity index (χ1n) is 5.95. The third kappa shape index (κ3) is 3.22. The highest BCUT2D eigenvalue weighted by Crippen LogP contribution is 2.29. The summed E-state index contributed by atoms with van der Waals surface area (Å²) < 4.78 is 9.98. The molecule has 1 aromatic carbocycles. The fourth-order valence-electron chi connectivity index (χ4n) is 1.69. The SMILES string of the molecule is COc1cc(NCCc2nc(C)no2)ccc1[N+](=O)[O-]. The number of benzene rings is 1. The number of hydrogen-bond donors (Lipinski definition) is 1. The maximum atomic E-state index is 10.8. The summed E-state index contributed by atoms with van der Waals surface area (Å²) in [5.74, 6) is 1.36. The van der Waals surface area contributed by atoms with E-state index < -0.39 is 4.92 Å². The summed E-state index contributed by atoms with van der Waals surface area (Å²) in [6.07, 6.45) is 0.570. The van der Waals surface area contributed by atoms with Gasteiger partial charge in [-0.3, -0.25) is 10.1 Å². The first-order chi connectivity index (χ1) is 9.60. The van der Waals surface area contributed by atoms with E-state index in [1.54, 1.807) is 19.1 Å². The van der Waals surface area contributed by atoms with Crippen LogP contribution in [0.25, 0.3) is 0 Å². The lowest BCUT2D eigenvalue weighted by atomic mass is 10.2. The minimum Gasteiger partial charge on any atom is -0.490 e. The van der Waals surface area contributed by atoms with Crippen molar-refractivity contribution in [2.45, 2.75) is 13.3 Å². The molecule has 0 aliphatic rings. The normalized spacial score (nSPS) is 10.3. The molecule has 0 amide bonds. The zero-order valence-electron chi connectivity index (χ0n) is 11.1. The molecule has 2 aromatic rings. The predicted octanol–water partition coefficient (Wildman–Crippen LogP) is 1.95. The van der Waals surface area contributed by atoms with Gasteiger partial charge in [-0.1, -0.05) is 5.16 Å². The summed E-state index contributed by atoms with van der Waals surface area (Å²) in [5, 5.41) is 17.6. The average molecular weight is 278 g/mol. The van der Waals surface area contributed by atoms with Crippen molar-refractivity contribution in [3.8, 4) is 5.75 Å². The second-order valence-corrected chi connectivity index (χ2v) is 4.06. The molecule has 0 saturated carbocycles. The van der Waals surface area contributed by atoms with Gasteiger partial charge in [-0.15, -0.1) is 0 Å². The van der Waals surface area contributed by atoms with Gasteiger partial charge in [0.25, 0.3) is 0 Å². The Hall–Kier alpha value is -2.64. The first-order valence-corrected chi connectivity index (χ1v) is 5.95. The first kappa shape index (κ1) is 13.8. The van der Waals surface area contributed by atoms with E-state index in [-0.39, 0.29) is 11.4 Å². The molecular weight excluding hydrogens is 264 g/mol. The van der Waals surface area contributed by atoms with E-state index in [9.17, 15) is 10.1 Å². The highest BCUT2D eigenvalue weighted by Gasteiger charge is 2.14. The van der Waals surface area contributed by atoms with Crippen LogP contribution < -0.4 is 10.1 Å². The molecule has 20 heavy (non-hydrogen) atoms. The van der Waals surface area contributed by atoms with Gasteiger partial charge in [-0.05, 0) is 13.0 Å². The maximum Gasteiger partial charge on any atom is 0.311 e. The van der Waals surface area contributed by atoms with E-state index in [2.05, 4.69) is 15.5 Å². The molecule has 8 heteroatoms. The smallest absolute Gasteiger partial charge is 0.311 e. The molecule has 0 aliphatic carbocycles. The molecule has 2 rings (SSSR count). The lowest BCUT2D eigenvalue weighted by Gasteiger charge is -2.07. The summed E-state index contributed by atoms with van der Waals surface area (Å²) in [6.45, 7) is 2.32. The number of methoxy groups -OCH3 is 1. The summed E-state index contributed by atoms with van der Waals surface area (Å²) >= 11 is 0. The largest absolute Gasteiger partial charge is 0.490 e. The van der Waals surface area contributed by atoms with Gasteiger partial charge in [0.1, 0.15) is 0 Å². The monoisotopic (exact) mass is 278 g/mol. The number of nitrogens with one attached hydrogen (secondary N) is 1. The minimum absolute atomic E-state index is 0.0643. The fourth-order valence-corrected chi connectivity index (χ4v) is 1.69.